The molecule has 4 rings (SSSR count). The Hall–Kier alpha value is -2.28. The van der Waals surface area contributed by atoms with Gasteiger partial charge >= 0.3 is 5.97 Å². The molecule has 7 nitrogen and oxygen atoms in total. The number of anilines is 1. The minimum Gasteiger partial charge on any atom is -0.456 e. The normalized spacial score (nSPS) is 16.0. The average Bonchev–Trinajstić information content (AvgIpc) is 3.36. The molecule has 178 valence electrons. The molecule has 0 aliphatic carbocycles. The second-order valence-corrected chi connectivity index (χ2v) is 12.2. The second kappa shape index (κ2) is 10.5. The van der Waals surface area contributed by atoms with Gasteiger partial charge in [-0.05, 0) is 82.3 Å². The molecule has 0 fully saturated rings. The number of esters is 1. The summed E-state index contributed by atoms with van der Waals surface area (Å²) in [5, 5.41) is 4.45. The highest BCUT2D eigenvalue weighted by Gasteiger charge is 2.38. The van der Waals surface area contributed by atoms with Gasteiger partial charge in [0.15, 0.2) is 6.61 Å². The second-order valence-electron chi connectivity index (χ2n) is 7.88. The van der Waals surface area contributed by atoms with Crippen LogP contribution in [0.4, 0.5) is 5.69 Å². The molecule has 0 spiro atoms. The van der Waals surface area contributed by atoms with Gasteiger partial charge in [0.05, 0.1) is 12.5 Å². The van der Waals surface area contributed by atoms with E-state index in [1.165, 1.54) is 4.31 Å². The maximum atomic E-state index is 13.3. The van der Waals surface area contributed by atoms with Crippen LogP contribution in [0.25, 0.3) is 0 Å². The summed E-state index contributed by atoms with van der Waals surface area (Å²) >= 11 is 3.33. The van der Waals surface area contributed by atoms with E-state index in [1.54, 1.807) is 23.6 Å². The summed E-state index contributed by atoms with van der Waals surface area (Å²) in [5.74, 6) is -1.09. The van der Waals surface area contributed by atoms with Gasteiger partial charge in [0, 0.05) is 15.8 Å². The minimum atomic E-state index is -3.77. The molecule has 34 heavy (non-hydrogen) atoms. The number of ether oxygens (including phenoxy) is 1. The smallest absolute Gasteiger partial charge is 0.308 e. The van der Waals surface area contributed by atoms with Crippen molar-refractivity contribution in [2.75, 3.05) is 18.5 Å². The summed E-state index contributed by atoms with van der Waals surface area (Å²) in [7, 11) is -3.77. The molecule has 1 atom stereocenters. The quantitative estimate of drug-likeness (QED) is 0.314. The summed E-state index contributed by atoms with van der Waals surface area (Å²) < 4.78 is 34.5. The van der Waals surface area contributed by atoms with E-state index in [2.05, 4.69) is 27.9 Å². The number of aryl methyl sites for hydroxylation is 1. The lowest BCUT2D eigenvalue weighted by Gasteiger charge is -2.35. The number of fused-ring (bicyclic) bond motifs is 1. The molecule has 2 aromatic carbocycles. The fraction of sp³-hybridized carbons (Fsp3) is 0.250. The van der Waals surface area contributed by atoms with Crippen LogP contribution in [0.2, 0.25) is 0 Å². The fourth-order valence-corrected chi connectivity index (χ4v) is 7.34. The van der Waals surface area contributed by atoms with Crippen LogP contribution in [0.1, 0.15) is 29.2 Å². The van der Waals surface area contributed by atoms with Crippen molar-refractivity contribution in [1.29, 1.82) is 0 Å². The zero-order chi connectivity index (χ0) is 24.3. The van der Waals surface area contributed by atoms with Gasteiger partial charge in [0.25, 0.3) is 15.9 Å². The Bertz CT molecular complexity index is 1310. The Morgan fingerprint density at radius 2 is 1.97 bits per heavy atom. The number of carbonyl (C=O) groups excluding carboxylic acids is 2. The number of halogens is 1. The van der Waals surface area contributed by atoms with Crippen LogP contribution in [-0.4, -0.2) is 37.8 Å². The lowest BCUT2D eigenvalue weighted by atomic mass is 9.92. The van der Waals surface area contributed by atoms with Crippen molar-refractivity contribution in [1.82, 2.24) is 4.31 Å². The first-order chi connectivity index (χ1) is 16.3. The van der Waals surface area contributed by atoms with Crippen LogP contribution >= 0.6 is 33.9 Å². The van der Waals surface area contributed by atoms with E-state index >= 15 is 0 Å². The number of nitrogens with zero attached hydrogens (tertiary/aromatic N) is 1. The number of hydrogen-bond acceptors (Lipinski definition) is 6. The predicted octanol–water partition coefficient (Wildman–Crippen LogP) is 4.52. The molecule has 0 bridgehead atoms. The summed E-state index contributed by atoms with van der Waals surface area (Å²) in [6.07, 6.45) is 0.377. The van der Waals surface area contributed by atoms with E-state index in [0.29, 0.717) is 12.1 Å². The molecule has 0 saturated carbocycles. The van der Waals surface area contributed by atoms with Crippen molar-refractivity contribution in [3.63, 3.8) is 0 Å². The zero-order valence-corrected chi connectivity index (χ0v) is 22.2. The highest BCUT2D eigenvalue weighted by Crippen LogP contribution is 2.37. The van der Waals surface area contributed by atoms with Gasteiger partial charge in [-0.3, -0.25) is 9.59 Å². The van der Waals surface area contributed by atoms with Crippen LogP contribution in [0, 0.1) is 10.5 Å². The molecule has 3 aromatic rings. The fourth-order valence-electron chi connectivity index (χ4n) is 3.97. The van der Waals surface area contributed by atoms with E-state index < -0.39 is 34.5 Å². The molecule has 2 heterocycles. The van der Waals surface area contributed by atoms with Crippen molar-refractivity contribution < 1.29 is 22.7 Å². The number of rotatable bonds is 7. The SMILES string of the molecule is Cc1cc(I)ccc1NC(=O)COC(=O)CC1c2ccccc2CCN1S(=O)(=O)c1cccs1. The van der Waals surface area contributed by atoms with Crippen molar-refractivity contribution in [2.45, 2.75) is 30.0 Å². The van der Waals surface area contributed by atoms with E-state index in [9.17, 15) is 18.0 Å². The Kier molecular flexibility index (Phi) is 7.70. The average molecular weight is 610 g/mol. The number of amides is 1. The Labute approximate surface area is 216 Å². The maximum absolute atomic E-state index is 13.3. The molecule has 1 aliphatic rings. The van der Waals surface area contributed by atoms with Crippen LogP contribution < -0.4 is 5.32 Å². The molecule has 1 N–H and O–H groups in total. The van der Waals surface area contributed by atoms with Crippen LogP contribution in [0.15, 0.2) is 64.2 Å². The summed E-state index contributed by atoms with van der Waals surface area (Å²) in [4.78, 5) is 25.1. The molecule has 1 amide bonds. The first-order valence-electron chi connectivity index (χ1n) is 10.6. The van der Waals surface area contributed by atoms with Crippen molar-refractivity contribution in [3.05, 3.63) is 80.2 Å². The third-order valence-corrected chi connectivity index (χ3v) is 9.56. The molecule has 1 aliphatic heterocycles. The minimum absolute atomic E-state index is 0.183. The van der Waals surface area contributed by atoms with Gasteiger partial charge in [-0.1, -0.05) is 30.3 Å². The summed E-state index contributed by atoms with van der Waals surface area (Å²) in [6, 6.07) is 15.7. The largest absolute Gasteiger partial charge is 0.456 e. The van der Waals surface area contributed by atoms with Crippen LogP contribution in [-0.2, 0) is 30.8 Å². The van der Waals surface area contributed by atoms with Gasteiger partial charge in [-0.2, -0.15) is 4.31 Å². The van der Waals surface area contributed by atoms with Gasteiger partial charge in [-0.25, -0.2) is 8.42 Å². The first kappa shape index (κ1) is 24.8. The Morgan fingerprint density at radius 1 is 1.18 bits per heavy atom. The lowest BCUT2D eigenvalue weighted by Crippen LogP contribution is -2.41. The number of sulfonamides is 1. The topological polar surface area (TPSA) is 92.8 Å². The van der Waals surface area contributed by atoms with E-state index in [0.717, 1.165) is 31.6 Å². The van der Waals surface area contributed by atoms with Crippen LogP contribution in [0.3, 0.4) is 0 Å². The third-order valence-electron chi connectivity index (χ3n) is 5.61. The molecule has 0 saturated heterocycles. The van der Waals surface area contributed by atoms with Crippen molar-refractivity contribution >= 4 is 61.5 Å². The van der Waals surface area contributed by atoms with Gasteiger partial charge < -0.3 is 10.1 Å². The standard InChI is InChI=1S/C24H23IN2O5S2/c1-16-13-18(25)8-9-20(16)26-22(28)15-32-23(29)14-21-19-6-3-2-5-17(19)10-11-27(21)34(30,31)24-7-4-12-33-24/h2-9,12-13,21H,10-11,14-15H2,1H3,(H,26,28). The Morgan fingerprint density at radius 3 is 2.71 bits per heavy atom. The number of hydrogen-bond donors (Lipinski definition) is 1. The van der Waals surface area contributed by atoms with E-state index in [1.807, 2.05) is 43.3 Å². The predicted molar refractivity (Wildman–Crippen MR) is 139 cm³/mol. The molecule has 1 unspecified atom stereocenters. The third kappa shape index (κ3) is 5.51. The molecule has 1 aromatic heterocycles. The van der Waals surface area contributed by atoms with E-state index in [-0.39, 0.29) is 17.2 Å². The number of thiophene rings is 1. The van der Waals surface area contributed by atoms with Crippen molar-refractivity contribution in [2.24, 2.45) is 0 Å². The Balaban J connectivity index is 1.47. The van der Waals surface area contributed by atoms with Crippen molar-refractivity contribution in [3.8, 4) is 0 Å². The van der Waals surface area contributed by atoms with Gasteiger partial charge in [0.2, 0.25) is 0 Å². The molecule has 10 heteroatoms. The summed E-state index contributed by atoms with van der Waals surface area (Å²) in [5.41, 5.74) is 3.34. The monoisotopic (exact) mass is 610 g/mol. The molecular weight excluding hydrogens is 587 g/mol. The number of nitrogens with one attached hydrogen (secondary N) is 1. The highest BCUT2D eigenvalue weighted by molar-refractivity contribution is 14.1. The van der Waals surface area contributed by atoms with Gasteiger partial charge in [-0.15, -0.1) is 11.3 Å². The highest BCUT2D eigenvalue weighted by atomic mass is 127. The molecular formula is C24H23IN2O5S2. The van der Waals surface area contributed by atoms with Gasteiger partial charge in [0.1, 0.15) is 4.21 Å². The molecule has 0 radical (unpaired) electrons. The van der Waals surface area contributed by atoms with Crippen LogP contribution in [0.5, 0.6) is 0 Å². The summed E-state index contributed by atoms with van der Waals surface area (Å²) in [6.45, 7) is 1.70. The zero-order valence-electron chi connectivity index (χ0n) is 18.4. The number of benzene rings is 2. The maximum Gasteiger partial charge on any atom is 0.308 e. The lowest BCUT2D eigenvalue weighted by molar-refractivity contribution is -0.148. The number of carbonyl (C=O) groups is 2. The van der Waals surface area contributed by atoms with E-state index in [4.69, 9.17) is 4.74 Å². The first-order valence-corrected chi connectivity index (χ1v) is 14.0.